The van der Waals surface area contributed by atoms with Crippen LogP contribution in [0.25, 0.3) is 5.57 Å². The predicted molar refractivity (Wildman–Crippen MR) is 111 cm³/mol. The molecule has 1 aliphatic rings. The van der Waals surface area contributed by atoms with Gasteiger partial charge in [-0.05, 0) is 47.9 Å². The number of sulfonamides is 1. The van der Waals surface area contributed by atoms with Crippen LogP contribution in [0.1, 0.15) is 22.5 Å². The number of nitrogens with one attached hydrogen (secondary N) is 1. The second-order valence-electron chi connectivity index (χ2n) is 6.46. The molecule has 0 aliphatic carbocycles. The minimum absolute atomic E-state index is 0.162. The van der Waals surface area contributed by atoms with E-state index < -0.39 is 28.4 Å². The lowest BCUT2D eigenvalue weighted by Crippen LogP contribution is -2.34. The summed E-state index contributed by atoms with van der Waals surface area (Å²) in [5.74, 6) is -2.40. The normalized spacial score (nSPS) is 14.8. The maximum Gasteiger partial charge on any atom is 0.322 e. The Morgan fingerprint density at radius 1 is 1.23 bits per heavy atom. The Bertz CT molecular complexity index is 1120. The monoisotopic (exact) mass is 495 g/mol. The topological polar surface area (TPSA) is 137 Å². The van der Waals surface area contributed by atoms with Crippen LogP contribution in [0.5, 0.6) is 5.75 Å². The molecule has 0 saturated heterocycles. The summed E-state index contributed by atoms with van der Waals surface area (Å²) in [6.07, 6.45) is 3.53. The number of halogens is 1. The molecule has 0 bridgehead atoms. The fraction of sp³-hybridized carbons (Fsp3) is 0.211. The lowest BCUT2D eigenvalue weighted by molar-refractivity contribution is -0.135. The lowest BCUT2D eigenvalue weighted by atomic mass is 10.0. The molecule has 0 radical (unpaired) electrons. The Morgan fingerprint density at radius 3 is 2.50 bits per heavy atom. The summed E-state index contributed by atoms with van der Waals surface area (Å²) in [6, 6.07) is 7.76. The Balaban J connectivity index is 1.73. The van der Waals surface area contributed by atoms with Gasteiger partial charge in [0.15, 0.2) is 5.69 Å². The lowest BCUT2D eigenvalue weighted by Gasteiger charge is -2.26. The van der Waals surface area contributed by atoms with Gasteiger partial charge in [-0.2, -0.15) is 4.31 Å². The van der Waals surface area contributed by atoms with Gasteiger partial charge in [0.2, 0.25) is 10.0 Å². The number of nitrogens with zero attached hydrogens (tertiary/aromatic N) is 2. The minimum Gasteiger partial charge on any atom is -0.505 e. The molecular weight excluding hydrogens is 478 g/mol. The van der Waals surface area contributed by atoms with Crippen molar-refractivity contribution in [3.8, 4) is 5.75 Å². The molecule has 0 fully saturated rings. The van der Waals surface area contributed by atoms with Gasteiger partial charge in [0.25, 0.3) is 5.91 Å². The van der Waals surface area contributed by atoms with Crippen molar-refractivity contribution in [2.45, 2.75) is 11.3 Å². The van der Waals surface area contributed by atoms with E-state index in [1.807, 2.05) is 0 Å². The zero-order valence-electron chi connectivity index (χ0n) is 15.6. The van der Waals surface area contributed by atoms with Crippen molar-refractivity contribution in [3.63, 3.8) is 0 Å². The van der Waals surface area contributed by atoms with Gasteiger partial charge in [0, 0.05) is 23.8 Å². The second kappa shape index (κ2) is 8.94. The van der Waals surface area contributed by atoms with Crippen molar-refractivity contribution >= 4 is 43.4 Å². The third-order valence-electron chi connectivity index (χ3n) is 4.48. The number of pyridine rings is 1. The number of carboxylic acid groups (broad SMARTS) is 1. The highest BCUT2D eigenvalue weighted by Gasteiger charge is 2.26. The molecule has 1 aromatic heterocycles. The van der Waals surface area contributed by atoms with Gasteiger partial charge in [-0.15, -0.1) is 0 Å². The van der Waals surface area contributed by atoms with Crippen LogP contribution in [0.3, 0.4) is 0 Å². The van der Waals surface area contributed by atoms with Crippen LogP contribution < -0.4 is 5.32 Å². The van der Waals surface area contributed by atoms with E-state index in [0.717, 1.165) is 10.0 Å². The number of hydrogen-bond acceptors (Lipinski definition) is 6. The van der Waals surface area contributed by atoms with Crippen molar-refractivity contribution in [2.24, 2.45) is 0 Å². The van der Waals surface area contributed by atoms with E-state index in [1.165, 1.54) is 28.7 Å². The van der Waals surface area contributed by atoms with Crippen LogP contribution in [-0.4, -0.2) is 59.4 Å². The number of aliphatic carboxylic acids is 1. The highest BCUT2D eigenvalue weighted by Crippen LogP contribution is 2.28. The number of carbonyl (C=O) groups excluding carboxylic acids is 1. The van der Waals surface area contributed by atoms with Crippen molar-refractivity contribution in [3.05, 3.63) is 58.3 Å². The molecular formula is C19H18BrN3O6S. The number of aromatic nitrogens is 1. The van der Waals surface area contributed by atoms with E-state index in [9.17, 15) is 23.1 Å². The quantitative estimate of drug-likeness (QED) is 0.555. The molecule has 9 nitrogen and oxygen atoms in total. The van der Waals surface area contributed by atoms with Gasteiger partial charge in [0.1, 0.15) is 12.3 Å². The highest BCUT2D eigenvalue weighted by atomic mass is 79.9. The number of carboxylic acids is 1. The number of aromatic hydroxyl groups is 1. The van der Waals surface area contributed by atoms with Gasteiger partial charge in [-0.1, -0.05) is 22.0 Å². The third-order valence-corrected chi connectivity index (χ3v) is 6.88. The number of rotatable bonds is 6. The van der Waals surface area contributed by atoms with Gasteiger partial charge in [-0.3, -0.25) is 9.59 Å². The van der Waals surface area contributed by atoms with E-state index in [4.69, 9.17) is 5.11 Å². The van der Waals surface area contributed by atoms with Crippen molar-refractivity contribution in [1.29, 1.82) is 0 Å². The first-order chi connectivity index (χ1) is 14.2. The molecule has 158 valence electrons. The first kappa shape index (κ1) is 21.9. The molecule has 2 aromatic rings. The Morgan fingerprint density at radius 2 is 1.93 bits per heavy atom. The Kier molecular flexibility index (Phi) is 6.54. The van der Waals surface area contributed by atoms with E-state index >= 15 is 0 Å². The van der Waals surface area contributed by atoms with Crippen molar-refractivity contribution < 1.29 is 28.2 Å². The molecule has 0 saturated carbocycles. The van der Waals surface area contributed by atoms with Crippen LogP contribution in [0.2, 0.25) is 0 Å². The smallest absolute Gasteiger partial charge is 0.322 e. The summed E-state index contributed by atoms with van der Waals surface area (Å²) < 4.78 is 27.7. The fourth-order valence-corrected chi connectivity index (χ4v) is 4.57. The van der Waals surface area contributed by atoms with Gasteiger partial charge >= 0.3 is 5.97 Å². The van der Waals surface area contributed by atoms with Gasteiger partial charge < -0.3 is 15.5 Å². The summed E-state index contributed by atoms with van der Waals surface area (Å²) in [4.78, 5) is 26.5. The van der Waals surface area contributed by atoms with Crippen LogP contribution in [0.4, 0.5) is 0 Å². The van der Waals surface area contributed by atoms with E-state index in [-0.39, 0.29) is 29.4 Å². The van der Waals surface area contributed by atoms with Crippen molar-refractivity contribution in [2.75, 3.05) is 19.6 Å². The van der Waals surface area contributed by atoms with Crippen LogP contribution in [0, 0.1) is 0 Å². The Hall–Kier alpha value is -2.76. The second-order valence-corrected chi connectivity index (χ2v) is 9.32. The summed E-state index contributed by atoms with van der Waals surface area (Å²) >= 11 is 3.28. The number of amides is 1. The first-order valence-corrected chi connectivity index (χ1v) is 11.1. The fourth-order valence-electron chi connectivity index (χ4n) is 2.93. The van der Waals surface area contributed by atoms with Gasteiger partial charge in [0.05, 0.1) is 4.90 Å². The molecule has 3 rings (SSSR count). The molecule has 1 aliphatic heterocycles. The molecule has 3 N–H and O–H groups in total. The van der Waals surface area contributed by atoms with E-state index in [2.05, 4.69) is 26.2 Å². The summed E-state index contributed by atoms with van der Waals surface area (Å²) in [6.45, 7) is -0.170. The zero-order valence-corrected chi connectivity index (χ0v) is 18.0. The molecule has 0 unspecified atom stereocenters. The summed E-state index contributed by atoms with van der Waals surface area (Å²) in [5.41, 5.74) is 1.07. The predicted octanol–water partition coefficient (Wildman–Crippen LogP) is 1.84. The Labute approximate surface area is 181 Å². The number of hydrogen-bond donors (Lipinski definition) is 3. The third kappa shape index (κ3) is 4.86. The minimum atomic E-state index is -3.62. The number of carbonyl (C=O) groups is 2. The average Bonchev–Trinajstić information content (AvgIpc) is 2.72. The first-order valence-electron chi connectivity index (χ1n) is 8.82. The largest absolute Gasteiger partial charge is 0.505 e. The molecule has 1 amide bonds. The molecule has 0 atom stereocenters. The summed E-state index contributed by atoms with van der Waals surface area (Å²) in [5, 5.41) is 20.8. The SMILES string of the molecule is O=C(O)CNC(=O)c1ncc(C2=CCN(S(=O)(=O)c3ccc(Br)cc3)CC2)cc1O. The standard InChI is InChI=1S/C19H18BrN3O6S/c20-14-1-3-15(4-2-14)30(28,29)23-7-5-12(6-8-23)13-9-16(24)18(21-10-13)19(27)22-11-17(25)26/h1-5,9-10,24H,6-8,11H2,(H,22,27)(H,25,26). The van der Waals surface area contributed by atoms with Crippen LogP contribution >= 0.6 is 15.9 Å². The van der Waals surface area contributed by atoms with Gasteiger partial charge in [-0.25, -0.2) is 13.4 Å². The molecule has 11 heteroatoms. The number of benzene rings is 1. The average molecular weight is 496 g/mol. The molecule has 30 heavy (non-hydrogen) atoms. The molecule has 2 heterocycles. The maximum absolute atomic E-state index is 12.8. The maximum atomic E-state index is 12.8. The van der Waals surface area contributed by atoms with E-state index in [1.54, 1.807) is 18.2 Å². The summed E-state index contributed by atoms with van der Waals surface area (Å²) in [7, 11) is -3.62. The molecule has 1 aromatic carbocycles. The van der Waals surface area contributed by atoms with Crippen molar-refractivity contribution in [1.82, 2.24) is 14.6 Å². The highest BCUT2D eigenvalue weighted by molar-refractivity contribution is 9.10. The van der Waals surface area contributed by atoms with Crippen LogP contribution in [-0.2, 0) is 14.8 Å². The van der Waals surface area contributed by atoms with Crippen LogP contribution in [0.15, 0.2) is 52.0 Å². The van der Waals surface area contributed by atoms with E-state index in [0.29, 0.717) is 12.0 Å². The zero-order chi connectivity index (χ0) is 21.9. The molecule has 0 spiro atoms.